The van der Waals surface area contributed by atoms with Gasteiger partial charge in [-0.05, 0) is 31.5 Å². The van der Waals surface area contributed by atoms with E-state index in [1.165, 1.54) is 4.90 Å². The summed E-state index contributed by atoms with van der Waals surface area (Å²) in [4.78, 5) is 1.41. The Kier molecular flexibility index (Phi) is 4.24. The van der Waals surface area contributed by atoms with Crippen molar-refractivity contribution in [1.82, 2.24) is 0 Å². The fourth-order valence-electron chi connectivity index (χ4n) is 1.61. The van der Waals surface area contributed by atoms with Crippen LogP contribution in [0.5, 0.6) is 0 Å². The molecule has 2 nitrogen and oxygen atoms in total. The number of anilines is 1. The van der Waals surface area contributed by atoms with Crippen LogP contribution in [0.15, 0.2) is 24.3 Å². The molecule has 0 amide bonds. The third-order valence-corrected chi connectivity index (χ3v) is 2.38. The number of rotatable bonds is 4. The van der Waals surface area contributed by atoms with Crippen molar-refractivity contribution in [3.05, 3.63) is 29.8 Å². The van der Waals surface area contributed by atoms with Crippen LogP contribution in [-0.2, 0) is 0 Å². The Morgan fingerprint density at radius 3 is 2.56 bits per heavy atom. The summed E-state index contributed by atoms with van der Waals surface area (Å²) in [6.07, 6.45) is -2.66. The Balaban J connectivity index is 3.02. The minimum absolute atomic E-state index is 0.381. The van der Waals surface area contributed by atoms with Gasteiger partial charge in [-0.15, -0.1) is 0 Å². The van der Waals surface area contributed by atoms with Crippen LogP contribution in [0.25, 0.3) is 0 Å². The number of nitrogens with zero attached hydrogens (tertiary/aromatic N) is 2. The molecule has 0 bridgehead atoms. The zero-order valence-electron chi connectivity index (χ0n) is 9.32. The maximum atomic E-state index is 12.7. The highest BCUT2D eigenvalue weighted by Crippen LogP contribution is 2.21. The monoisotopic (exact) mass is 224 g/mol. The molecule has 0 spiro atoms. The van der Waals surface area contributed by atoms with Crippen LogP contribution in [0.2, 0.25) is 0 Å². The van der Waals surface area contributed by atoms with Gasteiger partial charge in [-0.3, -0.25) is 0 Å². The third kappa shape index (κ3) is 2.69. The van der Waals surface area contributed by atoms with Gasteiger partial charge in [-0.1, -0.05) is 12.1 Å². The second kappa shape index (κ2) is 5.45. The van der Waals surface area contributed by atoms with E-state index in [-0.39, 0.29) is 0 Å². The second-order valence-corrected chi connectivity index (χ2v) is 3.53. The van der Waals surface area contributed by atoms with Crippen molar-refractivity contribution >= 4 is 5.69 Å². The van der Waals surface area contributed by atoms with Crippen molar-refractivity contribution < 1.29 is 8.78 Å². The van der Waals surface area contributed by atoms with Gasteiger partial charge in [-0.2, -0.15) is 5.26 Å². The first-order valence-electron chi connectivity index (χ1n) is 5.11. The highest BCUT2D eigenvalue weighted by atomic mass is 19.3. The van der Waals surface area contributed by atoms with E-state index in [9.17, 15) is 8.78 Å². The zero-order chi connectivity index (χ0) is 12.1. The van der Waals surface area contributed by atoms with E-state index in [1.807, 2.05) is 13.0 Å². The summed E-state index contributed by atoms with van der Waals surface area (Å²) in [6.45, 7) is 4.03. The average Bonchev–Trinajstić information content (AvgIpc) is 2.25. The fourth-order valence-corrected chi connectivity index (χ4v) is 1.61. The van der Waals surface area contributed by atoms with Gasteiger partial charge in [-0.25, -0.2) is 8.78 Å². The first-order chi connectivity index (χ1) is 7.60. The molecule has 1 aromatic rings. The molecule has 0 saturated carbocycles. The van der Waals surface area contributed by atoms with Crippen LogP contribution in [0.4, 0.5) is 14.5 Å². The van der Waals surface area contributed by atoms with Gasteiger partial charge >= 0.3 is 0 Å². The van der Waals surface area contributed by atoms with Crippen molar-refractivity contribution in [1.29, 1.82) is 5.26 Å². The van der Waals surface area contributed by atoms with E-state index in [1.54, 1.807) is 31.2 Å². The van der Waals surface area contributed by atoms with Crippen LogP contribution < -0.4 is 4.90 Å². The van der Waals surface area contributed by atoms with Crippen LogP contribution in [0.3, 0.4) is 0 Å². The van der Waals surface area contributed by atoms with Gasteiger partial charge in [0.2, 0.25) is 0 Å². The normalized spacial score (nSPS) is 12.2. The molecule has 1 aromatic carbocycles. The number of nitriles is 1. The van der Waals surface area contributed by atoms with Crippen molar-refractivity contribution in [3.8, 4) is 6.07 Å². The molecule has 86 valence electrons. The van der Waals surface area contributed by atoms with Crippen molar-refractivity contribution in [3.63, 3.8) is 0 Å². The maximum Gasteiger partial charge on any atom is 0.271 e. The van der Waals surface area contributed by atoms with E-state index in [2.05, 4.69) is 0 Å². The molecule has 0 fully saturated rings. The number of hydrogen-bond donors (Lipinski definition) is 0. The molecule has 1 atom stereocenters. The molecular formula is C12H14F2N2. The molecule has 0 saturated heterocycles. The van der Waals surface area contributed by atoms with Crippen LogP contribution in [0.1, 0.15) is 12.5 Å². The first kappa shape index (κ1) is 12.4. The standard InChI is InChI=1S/C12H14F2N2/c1-3-16(11(8-15)12(13)14)10-6-4-5-9(2)7-10/h4-7,11-12H,3H2,1-2H3. The Morgan fingerprint density at radius 1 is 1.44 bits per heavy atom. The van der Waals surface area contributed by atoms with Gasteiger partial charge in [0.1, 0.15) is 0 Å². The predicted molar refractivity (Wildman–Crippen MR) is 59.6 cm³/mol. The number of halogens is 2. The lowest BCUT2D eigenvalue weighted by Gasteiger charge is -2.27. The highest BCUT2D eigenvalue weighted by Gasteiger charge is 2.26. The lowest BCUT2D eigenvalue weighted by Crippen LogP contribution is -2.39. The molecule has 0 aliphatic carbocycles. The summed E-state index contributed by atoms with van der Waals surface area (Å²) in [5, 5.41) is 8.76. The van der Waals surface area contributed by atoms with Gasteiger partial charge in [0.05, 0.1) is 6.07 Å². The van der Waals surface area contributed by atoms with E-state index in [0.717, 1.165) is 5.56 Å². The summed E-state index contributed by atoms with van der Waals surface area (Å²) in [6, 6.07) is 7.49. The lowest BCUT2D eigenvalue weighted by atomic mass is 10.1. The molecule has 0 aliphatic heterocycles. The second-order valence-electron chi connectivity index (χ2n) is 3.53. The molecular weight excluding hydrogens is 210 g/mol. The SMILES string of the molecule is CCN(c1cccc(C)c1)C(C#N)C(F)F. The zero-order valence-corrected chi connectivity index (χ0v) is 9.32. The Morgan fingerprint density at radius 2 is 2.12 bits per heavy atom. The van der Waals surface area contributed by atoms with Crippen LogP contribution in [-0.4, -0.2) is 19.0 Å². The molecule has 0 N–H and O–H groups in total. The van der Waals surface area contributed by atoms with Crippen molar-refractivity contribution in [2.45, 2.75) is 26.3 Å². The Labute approximate surface area is 94.1 Å². The van der Waals surface area contributed by atoms with E-state index in [4.69, 9.17) is 5.26 Å². The summed E-state index contributed by atoms with van der Waals surface area (Å²) >= 11 is 0. The number of aryl methyl sites for hydroxylation is 1. The fraction of sp³-hybridized carbons (Fsp3) is 0.417. The molecule has 0 radical (unpaired) electrons. The minimum atomic E-state index is -2.66. The largest absolute Gasteiger partial charge is 0.351 e. The highest BCUT2D eigenvalue weighted by molar-refractivity contribution is 5.50. The van der Waals surface area contributed by atoms with Gasteiger partial charge in [0, 0.05) is 12.2 Å². The van der Waals surface area contributed by atoms with Gasteiger partial charge in [0.25, 0.3) is 6.43 Å². The van der Waals surface area contributed by atoms with Crippen LogP contribution >= 0.6 is 0 Å². The lowest BCUT2D eigenvalue weighted by molar-refractivity contribution is 0.132. The number of alkyl halides is 2. The number of hydrogen-bond acceptors (Lipinski definition) is 2. The third-order valence-electron chi connectivity index (χ3n) is 2.38. The molecule has 1 unspecified atom stereocenters. The summed E-state index contributed by atoms with van der Waals surface area (Å²) in [7, 11) is 0. The van der Waals surface area contributed by atoms with Crippen molar-refractivity contribution in [2.75, 3.05) is 11.4 Å². The first-order valence-corrected chi connectivity index (χ1v) is 5.11. The maximum absolute atomic E-state index is 12.7. The van der Waals surface area contributed by atoms with E-state index < -0.39 is 12.5 Å². The van der Waals surface area contributed by atoms with Gasteiger partial charge in [0.15, 0.2) is 6.04 Å². The minimum Gasteiger partial charge on any atom is -0.351 e. The Bertz CT molecular complexity index is 385. The topological polar surface area (TPSA) is 27.0 Å². The van der Waals surface area contributed by atoms with E-state index >= 15 is 0 Å². The molecule has 0 aromatic heterocycles. The smallest absolute Gasteiger partial charge is 0.271 e. The quantitative estimate of drug-likeness (QED) is 0.786. The van der Waals surface area contributed by atoms with Crippen molar-refractivity contribution in [2.24, 2.45) is 0 Å². The predicted octanol–water partition coefficient (Wildman–Crippen LogP) is 2.98. The summed E-state index contributed by atoms with van der Waals surface area (Å²) in [5.41, 5.74) is 1.65. The summed E-state index contributed by atoms with van der Waals surface area (Å²) < 4.78 is 25.3. The summed E-state index contributed by atoms with van der Waals surface area (Å²) in [5.74, 6) is 0. The van der Waals surface area contributed by atoms with Gasteiger partial charge < -0.3 is 4.90 Å². The molecule has 1 rings (SSSR count). The van der Waals surface area contributed by atoms with E-state index in [0.29, 0.717) is 12.2 Å². The molecule has 4 heteroatoms. The molecule has 0 aliphatic rings. The molecule has 0 heterocycles. The molecule has 16 heavy (non-hydrogen) atoms. The average molecular weight is 224 g/mol. The Hall–Kier alpha value is -1.63. The number of benzene rings is 1. The van der Waals surface area contributed by atoms with Crippen LogP contribution in [0, 0.1) is 18.3 Å².